The summed E-state index contributed by atoms with van der Waals surface area (Å²) in [6.45, 7) is 5.93. The topological polar surface area (TPSA) is 78.9 Å². The standard InChI is InChI=1S/C32H33N3O2/c1-4-6-14-30-29(19-23-15-17-24(18-16-23)28-13-8-7-10-26(28)21-33)32(37)35(22(3)34-30)27-12-9-11-25(20-27)31(36)5-2/h7-13,15-18,20,31,36H,4-6,14,19H2,1-3H3. The highest BCUT2D eigenvalue weighted by atomic mass is 16.3. The van der Waals surface area contributed by atoms with E-state index in [4.69, 9.17) is 4.98 Å². The van der Waals surface area contributed by atoms with Crippen LogP contribution in [0.2, 0.25) is 0 Å². The maximum atomic E-state index is 13.9. The quantitative estimate of drug-likeness (QED) is 0.292. The third-order valence-electron chi connectivity index (χ3n) is 6.79. The molecule has 0 saturated heterocycles. The number of nitriles is 1. The van der Waals surface area contributed by atoms with Gasteiger partial charge in [0.05, 0.1) is 29.1 Å². The second-order valence-corrected chi connectivity index (χ2v) is 9.38. The van der Waals surface area contributed by atoms with Crippen LogP contribution in [0.1, 0.15) is 73.0 Å². The molecule has 0 aliphatic heterocycles. The third-order valence-corrected chi connectivity index (χ3v) is 6.79. The second kappa shape index (κ2) is 11.8. The Kier molecular flexibility index (Phi) is 8.32. The van der Waals surface area contributed by atoms with E-state index in [-0.39, 0.29) is 5.56 Å². The predicted octanol–water partition coefficient (Wildman–Crippen LogP) is 6.46. The van der Waals surface area contributed by atoms with E-state index in [1.807, 2.05) is 86.6 Å². The van der Waals surface area contributed by atoms with E-state index in [2.05, 4.69) is 13.0 Å². The van der Waals surface area contributed by atoms with Crippen molar-refractivity contribution in [1.29, 1.82) is 5.26 Å². The highest BCUT2D eigenvalue weighted by Gasteiger charge is 2.17. The molecule has 37 heavy (non-hydrogen) atoms. The molecule has 1 aromatic heterocycles. The Bertz CT molecular complexity index is 1480. The maximum Gasteiger partial charge on any atom is 0.261 e. The highest BCUT2D eigenvalue weighted by Crippen LogP contribution is 2.25. The lowest BCUT2D eigenvalue weighted by Crippen LogP contribution is -2.28. The monoisotopic (exact) mass is 491 g/mol. The smallest absolute Gasteiger partial charge is 0.261 e. The predicted molar refractivity (Wildman–Crippen MR) is 148 cm³/mol. The van der Waals surface area contributed by atoms with Crippen LogP contribution in [0.25, 0.3) is 16.8 Å². The first-order chi connectivity index (χ1) is 18.0. The Morgan fingerprint density at radius 3 is 2.49 bits per heavy atom. The number of aliphatic hydroxyl groups excluding tert-OH is 1. The molecule has 5 heteroatoms. The summed E-state index contributed by atoms with van der Waals surface area (Å²) in [5, 5.41) is 19.8. The molecule has 0 bridgehead atoms. The molecular weight excluding hydrogens is 458 g/mol. The molecule has 0 spiro atoms. The Labute approximate surface area is 218 Å². The van der Waals surface area contributed by atoms with Crippen LogP contribution in [0.4, 0.5) is 0 Å². The SMILES string of the molecule is CCCCc1nc(C)n(-c2cccc(C(O)CC)c2)c(=O)c1Cc1ccc(-c2ccccc2C#N)cc1. The Balaban J connectivity index is 1.75. The largest absolute Gasteiger partial charge is 0.388 e. The fraction of sp³-hybridized carbons (Fsp3) is 0.281. The van der Waals surface area contributed by atoms with Crippen LogP contribution in [0.15, 0.2) is 77.6 Å². The number of rotatable bonds is 9. The van der Waals surface area contributed by atoms with E-state index in [0.717, 1.165) is 47.2 Å². The van der Waals surface area contributed by atoms with Crippen LogP contribution >= 0.6 is 0 Å². The molecule has 1 heterocycles. The van der Waals surface area contributed by atoms with Gasteiger partial charge in [0.15, 0.2) is 0 Å². The van der Waals surface area contributed by atoms with Gasteiger partial charge in [-0.3, -0.25) is 9.36 Å². The molecule has 0 fully saturated rings. The number of hydrogen-bond acceptors (Lipinski definition) is 4. The van der Waals surface area contributed by atoms with E-state index in [0.29, 0.717) is 35.5 Å². The van der Waals surface area contributed by atoms with Gasteiger partial charge in [0.25, 0.3) is 5.56 Å². The number of aromatic nitrogens is 2. The minimum Gasteiger partial charge on any atom is -0.388 e. The lowest BCUT2D eigenvalue weighted by atomic mass is 9.96. The summed E-state index contributed by atoms with van der Waals surface area (Å²) < 4.78 is 1.66. The summed E-state index contributed by atoms with van der Waals surface area (Å²) >= 11 is 0. The third kappa shape index (κ3) is 5.71. The Morgan fingerprint density at radius 2 is 1.78 bits per heavy atom. The van der Waals surface area contributed by atoms with Crippen molar-refractivity contribution in [3.63, 3.8) is 0 Å². The molecule has 0 saturated carbocycles. The van der Waals surface area contributed by atoms with Gasteiger partial charge >= 0.3 is 0 Å². The zero-order chi connectivity index (χ0) is 26.4. The fourth-order valence-corrected chi connectivity index (χ4v) is 4.70. The number of unbranched alkanes of at least 4 members (excludes halogenated alkanes) is 1. The van der Waals surface area contributed by atoms with Crippen LogP contribution < -0.4 is 5.56 Å². The molecule has 3 aromatic carbocycles. The van der Waals surface area contributed by atoms with Crippen molar-refractivity contribution in [1.82, 2.24) is 9.55 Å². The molecule has 4 rings (SSSR count). The molecule has 188 valence electrons. The second-order valence-electron chi connectivity index (χ2n) is 9.38. The van der Waals surface area contributed by atoms with Gasteiger partial charge in [-0.2, -0.15) is 5.26 Å². The van der Waals surface area contributed by atoms with E-state index in [9.17, 15) is 15.2 Å². The van der Waals surface area contributed by atoms with Crippen molar-refractivity contribution in [2.45, 2.75) is 59.0 Å². The first kappa shape index (κ1) is 26.1. The van der Waals surface area contributed by atoms with Gasteiger partial charge in [0, 0.05) is 12.0 Å². The first-order valence-electron chi connectivity index (χ1n) is 12.9. The molecule has 4 aromatic rings. The van der Waals surface area contributed by atoms with Crippen molar-refractivity contribution in [3.05, 3.63) is 117 Å². The van der Waals surface area contributed by atoms with E-state index in [1.54, 1.807) is 4.57 Å². The molecule has 0 amide bonds. The average molecular weight is 492 g/mol. The van der Waals surface area contributed by atoms with Gasteiger partial charge < -0.3 is 5.11 Å². The lowest BCUT2D eigenvalue weighted by Gasteiger charge is -2.17. The first-order valence-corrected chi connectivity index (χ1v) is 12.9. The number of hydrogen-bond donors (Lipinski definition) is 1. The van der Waals surface area contributed by atoms with Crippen molar-refractivity contribution in [2.24, 2.45) is 0 Å². The molecule has 0 aliphatic rings. The van der Waals surface area contributed by atoms with E-state index < -0.39 is 6.10 Å². The average Bonchev–Trinajstić information content (AvgIpc) is 2.93. The summed E-state index contributed by atoms with van der Waals surface area (Å²) in [6.07, 6.45) is 3.24. The van der Waals surface area contributed by atoms with Crippen molar-refractivity contribution < 1.29 is 5.11 Å². The minimum absolute atomic E-state index is 0.0688. The maximum absolute atomic E-state index is 13.9. The Morgan fingerprint density at radius 1 is 1.03 bits per heavy atom. The van der Waals surface area contributed by atoms with Crippen LogP contribution in [0, 0.1) is 18.3 Å². The molecular formula is C32H33N3O2. The zero-order valence-electron chi connectivity index (χ0n) is 21.7. The number of nitrogens with zero attached hydrogens (tertiary/aromatic N) is 3. The van der Waals surface area contributed by atoms with Crippen LogP contribution in [-0.2, 0) is 12.8 Å². The number of benzene rings is 3. The highest BCUT2D eigenvalue weighted by molar-refractivity contribution is 5.70. The molecule has 0 aliphatic carbocycles. The van der Waals surface area contributed by atoms with Gasteiger partial charge in [-0.15, -0.1) is 0 Å². The molecule has 1 atom stereocenters. The molecule has 0 radical (unpaired) electrons. The normalized spacial score (nSPS) is 11.8. The van der Waals surface area contributed by atoms with Crippen molar-refractivity contribution >= 4 is 0 Å². The van der Waals surface area contributed by atoms with Gasteiger partial charge in [-0.1, -0.05) is 74.9 Å². The van der Waals surface area contributed by atoms with Crippen molar-refractivity contribution in [2.75, 3.05) is 0 Å². The van der Waals surface area contributed by atoms with Crippen LogP contribution in [0.5, 0.6) is 0 Å². The van der Waals surface area contributed by atoms with Crippen LogP contribution in [0.3, 0.4) is 0 Å². The number of aryl methyl sites for hydroxylation is 2. The molecule has 5 nitrogen and oxygen atoms in total. The molecule has 1 unspecified atom stereocenters. The Hall–Kier alpha value is -4.01. The van der Waals surface area contributed by atoms with Crippen LogP contribution in [-0.4, -0.2) is 14.7 Å². The van der Waals surface area contributed by atoms with Gasteiger partial charge in [0.2, 0.25) is 0 Å². The summed E-state index contributed by atoms with van der Waals surface area (Å²) in [7, 11) is 0. The summed E-state index contributed by atoms with van der Waals surface area (Å²) in [5.41, 5.74) is 6.50. The number of aliphatic hydroxyl groups is 1. The summed E-state index contributed by atoms with van der Waals surface area (Å²) in [5.74, 6) is 0.645. The lowest BCUT2D eigenvalue weighted by molar-refractivity contribution is 0.173. The summed E-state index contributed by atoms with van der Waals surface area (Å²) in [6, 6.07) is 25.4. The minimum atomic E-state index is -0.572. The summed E-state index contributed by atoms with van der Waals surface area (Å²) in [4.78, 5) is 18.8. The van der Waals surface area contributed by atoms with Crippen molar-refractivity contribution in [3.8, 4) is 22.9 Å². The molecule has 1 N–H and O–H groups in total. The van der Waals surface area contributed by atoms with Gasteiger partial charge in [-0.25, -0.2) is 4.98 Å². The fourth-order valence-electron chi connectivity index (χ4n) is 4.70. The van der Waals surface area contributed by atoms with Gasteiger partial charge in [0.1, 0.15) is 5.82 Å². The zero-order valence-corrected chi connectivity index (χ0v) is 21.7. The van der Waals surface area contributed by atoms with Gasteiger partial charge in [-0.05, 0) is 66.6 Å². The van der Waals surface area contributed by atoms with E-state index >= 15 is 0 Å². The van der Waals surface area contributed by atoms with E-state index in [1.165, 1.54) is 0 Å².